The van der Waals surface area contributed by atoms with E-state index in [9.17, 15) is 0 Å². The van der Waals surface area contributed by atoms with Crippen LogP contribution in [0.4, 0.5) is 17.1 Å². The average Bonchev–Trinajstić information content (AvgIpc) is 2.84. The van der Waals surface area contributed by atoms with Crippen molar-refractivity contribution in [1.29, 1.82) is 0 Å². The average molecular weight is 442 g/mol. The normalized spacial score (nSPS) is 11.5. The lowest BCUT2D eigenvalue weighted by Crippen LogP contribution is -2.17. The summed E-state index contributed by atoms with van der Waals surface area (Å²) in [7, 11) is 0. The molecule has 0 aliphatic heterocycles. The molecular weight excluding hydrogens is 410 g/mol. The van der Waals surface area contributed by atoms with Crippen LogP contribution >= 0.6 is 0 Å². The Balaban J connectivity index is 1.86. The predicted octanol–water partition coefficient (Wildman–Crippen LogP) is 9.58. The highest BCUT2D eigenvalue weighted by atomic mass is 15.1. The minimum absolute atomic E-state index is 0.0131. The van der Waals surface area contributed by atoms with E-state index in [1.54, 1.807) is 0 Å². The topological polar surface area (TPSA) is 3.24 Å². The number of rotatable bonds is 4. The Morgan fingerprint density at radius 2 is 1.12 bits per heavy atom. The Bertz CT molecular complexity index is 1390. The van der Waals surface area contributed by atoms with Crippen molar-refractivity contribution in [3.05, 3.63) is 126 Å². The summed E-state index contributed by atoms with van der Waals surface area (Å²) in [5, 5.41) is 2.53. The molecule has 0 aliphatic carbocycles. The molecule has 0 spiro atoms. The van der Waals surface area contributed by atoms with Crippen molar-refractivity contribution >= 4 is 27.8 Å². The first-order chi connectivity index (χ1) is 16.4. The molecule has 0 heterocycles. The monoisotopic (exact) mass is 441 g/mol. The third-order valence-corrected chi connectivity index (χ3v) is 6.38. The Labute approximate surface area is 203 Å². The molecule has 0 aliphatic rings. The first-order valence-electron chi connectivity index (χ1n) is 12.0. The third kappa shape index (κ3) is 4.22. The van der Waals surface area contributed by atoms with Gasteiger partial charge >= 0.3 is 0 Å². The summed E-state index contributed by atoms with van der Waals surface area (Å²) in [5.41, 5.74) is 8.66. The van der Waals surface area contributed by atoms with Crippen molar-refractivity contribution in [2.75, 3.05) is 4.90 Å². The van der Waals surface area contributed by atoms with Gasteiger partial charge in [-0.05, 0) is 76.2 Å². The van der Waals surface area contributed by atoms with Gasteiger partial charge in [0.1, 0.15) is 0 Å². The molecule has 0 saturated carbocycles. The summed E-state index contributed by atoms with van der Waals surface area (Å²) < 4.78 is 0. The van der Waals surface area contributed by atoms with Crippen LogP contribution in [-0.2, 0) is 5.41 Å². The Morgan fingerprint density at radius 1 is 0.559 bits per heavy atom. The molecule has 0 fully saturated rings. The highest BCUT2D eigenvalue weighted by Gasteiger charge is 2.26. The maximum Gasteiger partial charge on any atom is 0.0545 e. The van der Waals surface area contributed by atoms with Crippen molar-refractivity contribution in [3.63, 3.8) is 0 Å². The van der Waals surface area contributed by atoms with E-state index in [0.717, 1.165) is 11.4 Å². The Morgan fingerprint density at radius 3 is 1.71 bits per heavy atom. The number of nitrogens with zero attached hydrogens (tertiary/aromatic N) is 1. The van der Waals surface area contributed by atoms with Crippen LogP contribution in [0.25, 0.3) is 21.9 Å². The molecule has 1 heteroatoms. The third-order valence-electron chi connectivity index (χ3n) is 6.38. The second-order valence-electron chi connectivity index (χ2n) is 10.0. The molecule has 0 bridgehead atoms. The quantitative estimate of drug-likeness (QED) is 0.268. The molecule has 0 atom stereocenters. The summed E-state index contributed by atoms with van der Waals surface area (Å²) in [6.07, 6.45) is 0. The molecule has 0 saturated heterocycles. The Hall–Kier alpha value is -3.84. The van der Waals surface area contributed by atoms with Gasteiger partial charge in [-0.1, -0.05) is 99.6 Å². The molecule has 5 aromatic rings. The lowest BCUT2D eigenvalue weighted by atomic mass is 9.79. The Kier molecular flexibility index (Phi) is 5.71. The number of aryl methyl sites for hydroxylation is 1. The molecule has 168 valence electrons. The fourth-order valence-corrected chi connectivity index (χ4v) is 4.76. The molecular formula is C33H31N. The van der Waals surface area contributed by atoms with Crippen molar-refractivity contribution in [1.82, 2.24) is 0 Å². The number of para-hydroxylation sites is 2. The maximum absolute atomic E-state index is 2.40. The van der Waals surface area contributed by atoms with Gasteiger partial charge in [-0.2, -0.15) is 0 Å². The maximum atomic E-state index is 2.40. The van der Waals surface area contributed by atoms with Gasteiger partial charge in [0.25, 0.3) is 0 Å². The van der Waals surface area contributed by atoms with E-state index in [0.29, 0.717) is 0 Å². The molecule has 0 radical (unpaired) electrons. The number of fused-ring (bicyclic) bond motifs is 1. The van der Waals surface area contributed by atoms with Gasteiger partial charge in [-0.15, -0.1) is 0 Å². The molecule has 0 N–H and O–H groups in total. The van der Waals surface area contributed by atoms with Gasteiger partial charge in [-0.3, -0.25) is 0 Å². The van der Waals surface area contributed by atoms with Crippen LogP contribution in [0.15, 0.2) is 115 Å². The molecule has 5 rings (SSSR count). The van der Waals surface area contributed by atoms with Crippen molar-refractivity contribution in [3.8, 4) is 11.1 Å². The molecule has 1 nitrogen and oxygen atoms in total. The minimum atomic E-state index is -0.0131. The fourth-order valence-electron chi connectivity index (χ4n) is 4.76. The number of anilines is 3. The molecule has 5 aromatic carbocycles. The van der Waals surface area contributed by atoms with Crippen LogP contribution in [0.1, 0.15) is 31.9 Å². The highest BCUT2D eigenvalue weighted by Crippen LogP contribution is 2.46. The van der Waals surface area contributed by atoms with E-state index in [-0.39, 0.29) is 5.41 Å². The summed E-state index contributed by atoms with van der Waals surface area (Å²) in [5.74, 6) is 0. The number of benzene rings is 5. The van der Waals surface area contributed by atoms with E-state index in [2.05, 4.69) is 148 Å². The first kappa shape index (κ1) is 22.0. The van der Waals surface area contributed by atoms with Crippen LogP contribution in [0.5, 0.6) is 0 Å². The van der Waals surface area contributed by atoms with Crippen LogP contribution in [0, 0.1) is 6.92 Å². The second-order valence-corrected chi connectivity index (χ2v) is 10.0. The lowest BCUT2D eigenvalue weighted by molar-refractivity contribution is 0.591. The van der Waals surface area contributed by atoms with Gasteiger partial charge in [0.15, 0.2) is 0 Å². The lowest BCUT2D eigenvalue weighted by Gasteiger charge is -2.32. The first-order valence-corrected chi connectivity index (χ1v) is 12.0. The van der Waals surface area contributed by atoms with Crippen molar-refractivity contribution in [2.24, 2.45) is 0 Å². The fraction of sp³-hybridized carbons (Fsp3) is 0.152. The van der Waals surface area contributed by atoms with Crippen LogP contribution in [-0.4, -0.2) is 0 Å². The van der Waals surface area contributed by atoms with Crippen LogP contribution < -0.4 is 4.90 Å². The van der Waals surface area contributed by atoms with Gasteiger partial charge in [-0.25, -0.2) is 0 Å². The standard InChI is InChI=1S/C33H31N/c1-24-21-30(33(2,3)4)32(27-20-19-25-13-11-12-14-26(25)23-27)31(22-24)34(28-15-7-5-8-16-28)29-17-9-6-10-18-29/h5-23H,1-4H3. The van der Waals surface area contributed by atoms with E-state index >= 15 is 0 Å². The molecule has 0 aromatic heterocycles. The number of hydrogen-bond donors (Lipinski definition) is 0. The van der Waals surface area contributed by atoms with Gasteiger partial charge in [0.2, 0.25) is 0 Å². The molecule has 34 heavy (non-hydrogen) atoms. The molecule has 0 unspecified atom stereocenters. The number of hydrogen-bond acceptors (Lipinski definition) is 1. The van der Waals surface area contributed by atoms with E-state index in [4.69, 9.17) is 0 Å². The summed E-state index contributed by atoms with van der Waals surface area (Å²) in [6, 6.07) is 41.5. The zero-order chi connectivity index (χ0) is 23.7. The van der Waals surface area contributed by atoms with E-state index in [1.807, 2.05) is 0 Å². The SMILES string of the molecule is Cc1cc(N(c2ccccc2)c2ccccc2)c(-c2ccc3ccccc3c2)c(C(C)(C)C)c1. The predicted molar refractivity (Wildman–Crippen MR) is 148 cm³/mol. The van der Waals surface area contributed by atoms with E-state index in [1.165, 1.54) is 38.7 Å². The van der Waals surface area contributed by atoms with Crippen molar-refractivity contribution in [2.45, 2.75) is 33.1 Å². The highest BCUT2D eigenvalue weighted by molar-refractivity contribution is 5.94. The summed E-state index contributed by atoms with van der Waals surface area (Å²) in [4.78, 5) is 2.40. The van der Waals surface area contributed by atoms with Gasteiger partial charge < -0.3 is 4.90 Å². The largest absolute Gasteiger partial charge is 0.310 e. The van der Waals surface area contributed by atoms with Gasteiger partial charge in [0, 0.05) is 16.9 Å². The van der Waals surface area contributed by atoms with Crippen LogP contribution in [0.2, 0.25) is 0 Å². The molecule has 0 amide bonds. The second kappa shape index (κ2) is 8.83. The zero-order valence-electron chi connectivity index (χ0n) is 20.4. The minimum Gasteiger partial charge on any atom is -0.310 e. The summed E-state index contributed by atoms with van der Waals surface area (Å²) >= 11 is 0. The van der Waals surface area contributed by atoms with Crippen molar-refractivity contribution < 1.29 is 0 Å². The smallest absolute Gasteiger partial charge is 0.0545 e. The zero-order valence-corrected chi connectivity index (χ0v) is 20.4. The van der Waals surface area contributed by atoms with Crippen LogP contribution in [0.3, 0.4) is 0 Å². The summed E-state index contributed by atoms with van der Waals surface area (Å²) in [6.45, 7) is 9.14. The van der Waals surface area contributed by atoms with Gasteiger partial charge in [0.05, 0.1) is 5.69 Å². The van der Waals surface area contributed by atoms with E-state index < -0.39 is 0 Å².